The molecule has 0 spiro atoms. The van der Waals surface area contributed by atoms with Crippen molar-refractivity contribution in [3.8, 4) is 5.75 Å². The van der Waals surface area contributed by atoms with Crippen LogP contribution in [0.5, 0.6) is 5.75 Å². The van der Waals surface area contributed by atoms with Crippen LogP contribution < -0.4 is 10.1 Å². The molecule has 0 radical (unpaired) electrons. The minimum atomic E-state index is 0.583. The summed E-state index contributed by atoms with van der Waals surface area (Å²) in [6.07, 6.45) is 0. The first-order valence-corrected chi connectivity index (χ1v) is 6.28. The SMILES string of the molecule is COc1ccc(C)cc1CN1CCN[C@@H](C)C1. The third kappa shape index (κ3) is 3.20. The van der Waals surface area contributed by atoms with Crippen molar-refractivity contribution in [3.05, 3.63) is 29.3 Å². The van der Waals surface area contributed by atoms with Gasteiger partial charge in [-0.25, -0.2) is 0 Å². The maximum absolute atomic E-state index is 5.43. The number of ether oxygens (including phenoxy) is 1. The minimum absolute atomic E-state index is 0.583. The number of methoxy groups -OCH3 is 1. The molecule has 0 aliphatic carbocycles. The smallest absolute Gasteiger partial charge is 0.123 e. The highest BCUT2D eigenvalue weighted by molar-refractivity contribution is 5.36. The molecule has 2 rings (SSSR count). The van der Waals surface area contributed by atoms with Crippen LogP contribution in [0.2, 0.25) is 0 Å². The monoisotopic (exact) mass is 234 g/mol. The van der Waals surface area contributed by atoms with Gasteiger partial charge in [-0.3, -0.25) is 4.90 Å². The minimum Gasteiger partial charge on any atom is -0.496 e. The molecule has 0 saturated carbocycles. The number of rotatable bonds is 3. The van der Waals surface area contributed by atoms with E-state index >= 15 is 0 Å². The predicted octanol–water partition coefficient (Wildman–Crippen LogP) is 1.80. The van der Waals surface area contributed by atoms with Crippen molar-refractivity contribution in [2.45, 2.75) is 26.4 Å². The summed E-state index contributed by atoms with van der Waals surface area (Å²) in [6.45, 7) is 8.65. The fraction of sp³-hybridized carbons (Fsp3) is 0.571. The van der Waals surface area contributed by atoms with Gasteiger partial charge in [0.1, 0.15) is 5.75 Å². The van der Waals surface area contributed by atoms with Gasteiger partial charge in [0.15, 0.2) is 0 Å². The van der Waals surface area contributed by atoms with E-state index in [4.69, 9.17) is 4.74 Å². The zero-order valence-corrected chi connectivity index (χ0v) is 11.0. The van der Waals surface area contributed by atoms with Crippen LogP contribution in [0.25, 0.3) is 0 Å². The molecule has 3 nitrogen and oxygen atoms in total. The number of aryl methyl sites for hydroxylation is 1. The standard InChI is InChI=1S/C14H22N2O/c1-11-4-5-14(17-3)13(8-11)10-16-7-6-15-12(2)9-16/h4-5,8,12,15H,6-7,9-10H2,1-3H3/t12-/m0/s1. The van der Waals surface area contributed by atoms with E-state index in [0.29, 0.717) is 6.04 Å². The summed E-state index contributed by atoms with van der Waals surface area (Å²) in [6, 6.07) is 6.98. The second-order valence-corrected chi connectivity index (χ2v) is 4.91. The lowest BCUT2D eigenvalue weighted by atomic mass is 10.1. The highest BCUT2D eigenvalue weighted by Crippen LogP contribution is 2.21. The molecule has 0 amide bonds. The number of nitrogens with one attached hydrogen (secondary N) is 1. The Hall–Kier alpha value is -1.06. The van der Waals surface area contributed by atoms with E-state index in [1.165, 1.54) is 11.1 Å². The average Bonchev–Trinajstić information content (AvgIpc) is 2.29. The normalized spacial score (nSPS) is 21.5. The maximum atomic E-state index is 5.43. The molecule has 0 aromatic heterocycles. The average molecular weight is 234 g/mol. The molecule has 1 saturated heterocycles. The second kappa shape index (κ2) is 5.52. The van der Waals surface area contributed by atoms with Crippen molar-refractivity contribution in [2.75, 3.05) is 26.7 Å². The van der Waals surface area contributed by atoms with Crippen LogP contribution in [0.3, 0.4) is 0 Å². The zero-order valence-electron chi connectivity index (χ0n) is 11.0. The Morgan fingerprint density at radius 3 is 3.00 bits per heavy atom. The van der Waals surface area contributed by atoms with E-state index in [2.05, 4.69) is 42.3 Å². The molecule has 1 aromatic rings. The van der Waals surface area contributed by atoms with Crippen molar-refractivity contribution >= 4 is 0 Å². The molecule has 3 heteroatoms. The highest BCUT2D eigenvalue weighted by Gasteiger charge is 2.16. The van der Waals surface area contributed by atoms with Gasteiger partial charge in [0, 0.05) is 37.8 Å². The predicted molar refractivity (Wildman–Crippen MR) is 70.5 cm³/mol. The van der Waals surface area contributed by atoms with Crippen LogP contribution in [0.15, 0.2) is 18.2 Å². The molecule has 1 aliphatic heterocycles. The number of hydrogen-bond donors (Lipinski definition) is 1. The zero-order chi connectivity index (χ0) is 12.3. The van der Waals surface area contributed by atoms with Gasteiger partial charge in [0.2, 0.25) is 0 Å². The molecule has 17 heavy (non-hydrogen) atoms. The number of benzene rings is 1. The van der Waals surface area contributed by atoms with E-state index in [1.807, 2.05) is 0 Å². The fourth-order valence-electron chi connectivity index (χ4n) is 2.43. The fourth-order valence-corrected chi connectivity index (χ4v) is 2.43. The van der Waals surface area contributed by atoms with Crippen molar-refractivity contribution in [2.24, 2.45) is 0 Å². The lowest BCUT2D eigenvalue weighted by Crippen LogP contribution is -2.48. The Morgan fingerprint density at radius 2 is 2.29 bits per heavy atom. The van der Waals surface area contributed by atoms with Gasteiger partial charge >= 0.3 is 0 Å². The van der Waals surface area contributed by atoms with Gasteiger partial charge in [-0.15, -0.1) is 0 Å². The molecule has 1 aliphatic rings. The summed E-state index contributed by atoms with van der Waals surface area (Å²) in [7, 11) is 1.74. The molecular weight excluding hydrogens is 212 g/mol. The first-order chi connectivity index (χ1) is 8.19. The first kappa shape index (κ1) is 12.4. The Bertz CT molecular complexity index is 378. The summed E-state index contributed by atoms with van der Waals surface area (Å²) in [4.78, 5) is 2.48. The Balaban J connectivity index is 2.08. The lowest BCUT2D eigenvalue weighted by molar-refractivity contribution is 0.197. The van der Waals surface area contributed by atoms with Crippen LogP contribution >= 0.6 is 0 Å². The molecule has 1 aromatic carbocycles. The Labute approximate surface area is 104 Å². The van der Waals surface area contributed by atoms with Crippen LogP contribution in [-0.4, -0.2) is 37.7 Å². The molecule has 1 heterocycles. The van der Waals surface area contributed by atoms with Crippen molar-refractivity contribution in [1.29, 1.82) is 0 Å². The molecule has 0 unspecified atom stereocenters. The van der Waals surface area contributed by atoms with E-state index in [1.54, 1.807) is 7.11 Å². The summed E-state index contributed by atoms with van der Waals surface area (Å²) >= 11 is 0. The van der Waals surface area contributed by atoms with E-state index < -0.39 is 0 Å². The number of hydrogen-bond acceptors (Lipinski definition) is 3. The molecule has 1 N–H and O–H groups in total. The van der Waals surface area contributed by atoms with Crippen molar-refractivity contribution in [1.82, 2.24) is 10.2 Å². The van der Waals surface area contributed by atoms with E-state index in [0.717, 1.165) is 31.9 Å². The van der Waals surface area contributed by atoms with Crippen LogP contribution in [0.1, 0.15) is 18.1 Å². The Morgan fingerprint density at radius 1 is 1.47 bits per heavy atom. The highest BCUT2D eigenvalue weighted by atomic mass is 16.5. The maximum Gasteiger partial charge on any atom is 0.123 e. The van der Waals surface area contributed by atoms with E-state index in [9.17, 15) is 0 Å². The number of piperazine rings is 1. The van der Waals surface area contributed by atoms with Gasteiger partial charge in [0.25, 0.3) is 0 Å². The summed E-state index contributed by atoms with van der Waals surface area (Å²) in [5, 5.41) is 3.46. The molecule has 1 atom stereocenters. The van der Waals surface area contributed by atoms with Crippen LogP contribution in [0.4, 0.5) is 0 Å². The molecule has 94 valence electrons. The lowest BCUT2D eigenvalue weighted by Gasteiger charge is -2.32. The van der Waals surface area contributed by atoms with Crippen molar-refractivity contribution in [3.63, 3.8) is 0 Å². The third-order valence-corrected chi connectivity index (χ3v) is 3.28. The van der Waals surface area contributed by atoms with E-state index in [-0.39, 0.29) is 0 Å². The molecular formula is C14H22N2O. The van der Waals surface area contributed by atoms with Crippen LogP contribution in [0, 0.1) is 6.92 Å². The summed E-state index contributed by atoms with van der Waals surface area (Å²) < 4.78 is 5.43. The van der Waals surface area contributed by atoms with Gasteiger partial charge in [-0.05, 0) is 19.9 Å². The van der Waals surface area contributed by atoms with Gasteiger partial charge in [-0.1, -0.05) is 17.7 Å². The first-order valence-electron chi connectivity index (χ1n) is 6.28. The topological polar surface area (TPSA) is 24.5 Å². The quantitative estimate of drug-likeness (QED) is 0.863. The largest absolute Gasteiger partial charge is 0.496 e. The Kier molecular flexibility index (Phi) is 4.02. The van der Waals surface area contributed by atoms with Gasteiger partial charge in [-0.2, -0.15) is 0 Å². The molecule has 1 fully saturated rings. The molecule has 0 bridgehead atoms. The van der Waals surface area contributed by atoms with Gasteiger partial charge in [0.05, 0.1) is 7.11 Å². The van der Waals surface area contributed by atoms with Crippen molar-refractivity contribution < 1.29 is 4.74 Å². The third-order valence-electron chi connectivity index (χ3n) is 3.28. The van der Waals surface area contributed by atoms with Gasteiger partial charge < -0.3 is 10.1 Å². The second-order valence-electron chi connectivity index (χ2n) is 4.91. The number of nitrogens with zero attached hydrogens (tertiary/aromatic N) is 1. The summed E-state index contributed by atoms with van der Waals surface area (Å²) in [5.41, 5.74) is 2.59. The van der Waals surface area contributed by atoms with Crippen LogP contribution in [-0.2, 0) is 6.54 Å². The summed E-state index contributed by atoms with van der Waals surface area (Å²) in [5.74, 6) is 1.00.